The van der Waals surface area contributed by atoms with Crippen LogP contribution in [0.3, 0.4) is 0 Å². The molecule has 0 unspecified atom stereocenters. The Hall–Kier alpha value is -0.130. The van der Waals surface area contributed by atoms with Crippen LogP contribution in [0.15, 0.2) is 0 Å². The summed E-state index contributed by atoms with van der Waals surface area (Å²) in [6.45, 7) is 0.177. The molecule has 0 atom stereocenters. The Morgan fingerprint density at radius 3 is 2.25 bits per heavy atom. The topological polar surface area (TPSA) is 66.4 Å². The fraction of sp³-hybridized carbons (Fsp3) is 1.00. The molecule has 4 nitrogen and oxygen atoms in total. The first kappa shape index (κ1) is 12.3. The van der Waals surface area contributed by atoms with Crippen molar-refractivity contribution in [1.29, 1.82) is 0 Å². The van der Waals surface area contributed by atoms with Crippen molar-refractivity contribution in [2.75, 3.05) is 18.1 Å². The van der Waals surface area contributed by atoms with Gasteiger partial charge in [-0.15, -0.1) is 0 Å². The molecule has 1 saturated heterocycles. The van der Waals surface area contributed by atoms with Gasteiger partial charge in [0.05, 0.1) is 18.1 Å². The van der Waals surface area contributed by atoms with Gasteiger partial charge in [-0.05, 0) is 25.7 Å². The number of hydrogen-bond donors (Lipinski definition) is 2. The van der Waals surface area contributed by atoms with Crippen molar-refractivity contribution in [2.24, 2.45) is 0 Å². The molecule has 2 fully saturated rings. The largest absolute Gasteiger partial charge is 0.394 e. The first-order valence-corrected chi connectivity index (χ1v) is 7.96. The van der Waals surface area contributed by atoms with Gasteiger partial charge in [0.2, 0.25) is 0 Å². The van der Waals surface area contributed by atoms with Crippen LogP contribution in [0.1, 0.15) is 38.5 Å². The van der Waals surface area contributed by atoms with E-state index in [1.165, 1.54) is 12.8 Å². The molecule has 1 saturated carbocycles. The summed E-state index contributed by atoms with van der Waals surface area (Å²) in [6.07, 6.45) is 5.77. The second kappa shape index (κ2) is 4.63. The van der Waals surface area contributed by atoms with Crippen LogP contribution in [0.25, 0.3) is 0 Å². The summed E-state index contributed by atoms with van der Waals surface area (Å²) in [7, 11) is -2.78. The number of sulfone groups is 1. The third kappa shape index (κ3) is 2.76. The Balaban J connectivity index is 1.90. The number of aliphatic hydroxyl groups is 1. The maximum atomic E-state index is 11.3. The summed E-state index contributed by atoms with van der Waals surface area (Å²) >= 11 is 0. The number of rotatable bonds is 3. The van der Waals surface area contributed by atoms with Gasteiger partial charge in [-0.1, -0.05) is 12.8 Å². The predicted octanol–water partition coefficient (Wildman–Crippen LogP) is 0.458. The molecule has 0 aromatic rings. The Morgan fingerprint density at radius 2 is 1.75 bits per heavy atom. The molecule has 2 rings (SSSR count). The molecule has 1 heterocycles. The number of hydrogen-bond acceptors (Lipinski definition) is 4. The normalized spacial score (nSPS) is 29.3. The van der Waals surface area contributed by atoms with E-state index in [9.17, 15) is 13.5 Å². The summed E-state index contributed by atoms with van der Waals surface area (Å²) in [5, 5.41) is 13.0. The first-order chi connectivity index (χ1) is 7.55. The lowest BCUT2D eigenvalue weighted by molar-refractivity contribution is 0.148. The van der Waals surface area contributed by atoms with E-state index in [0.29, 0.717) is 24.3 Å². The van der Waals surface area contributed by atoms with Crippen molar-refractivity contribution < 1.29 is 13.5 Å². The third-order valence-electron chi connectivity index (χ3n) is 3.93. The molecule has 94 valence electrons. The van der Waals surface area contributed by atoms with Crippen LogP contribution in [0.5, 0.6) is 0 Å². The van der Waals surface area contributed by atoms with Crippen LogP contribution in [-0.4, -0.2) is 43.2 Å². The van der Waals surface area contributed by atoms with E-state index < -0.39 is 9.84 Å². The second-order valence-electron chi connectivity index (χ2n) is 5.22. The second-order valence-corrected chi connectivity index (χ2v) is 7.52. The minimum absolute atomic E-state index is 0.119. The molecule has 1 aliphatic heterocycles. The maximum Gasteiger partial charge on any atom is 0.150 e. The van der Waals surface area contributed by atoms with Crippen molar-refractivity contribution in [3.05, 3.63) is 0 Å². The minimum Gasteiger partial charge on any atom is -0.394 e. The number of aliphatic hydroxyl groups excluding tert-OH is 1. The highest BCUT2D eigenvalue weighted by Crippen LogP contribution is 2.30. The van der Waals surface area contributed by atoms with Crippen LogP contribution < -0.4 is 5.32 Å². The lowest BCUT2D eigenvalue weighted by atomic mass is 9.96. The average molecular weight is 247 g/mol. The van der Waals surface area contributed by atoms with E-state index in [2.05, 4.69) is 5.32 Å². The summed E-state index contributed by atoms with van der Waals surface area (Å²) in [5.74, 6) is 0.596. The zero-order chi connectivity index (χ0) is 11.6. The molecule has 2 N–H and O–H groups in total. The monoisotopic (exact) mass is 247 g/mol. The van der Waals surface area contributed by atoms with Gasteiger partial charge in [0, 0.05) is 11.6 Å². The van der Waals surface area contributed by atoms with Crippen molar-refractivity contribution in [3.8, 4) is 0 Å². The van der Waals surface area contributed by atoms with E-state index in [1.54, 1.807) is 0 Å². The van der Waals surface area contributed by atoms with E-state index in [-0.39, 0.29) is 18.2 Å². The first-order valence-electron chi connectivity index (χ1n) is 6.14. The maximum absolute atomic E-state index is 11.3. The third-order valence-corrected chi connectivity index (χ3v) is 5.64. The minimum atomic E-state index is -2.78. The van der Waals surface area contributed by atoms with Crippen LogP contribution in [0.2, 0.25) is 0 Å². The average Bonchev–Trinajstić information content (AvgIpc) is 2.71. The van der Waals surface area contributed by atoms with E-state index >= 15 is 0 Å². The zero-order valence-electron chi connectivity index (χ0n) is 9.61. The van der Waals surface area contributed by atoms with Crippen molar-refractivity contribution in [3.63, 3.8) is 0 Å². The standard InChI is InChI=1S/C11H21NO3S/c13-9-11(5-1-2-6-11)12-10-3-7-16(14,15)8-4-10/h10,12-13H,1-9H2. The summed E-state index contributed by atoms with van der Waals surface area (Å²) in [4.78, 5) is 0. The van der Waals surface area contributed by atoms with Gasteiger partial charge in [0.25, 0.3) is 0 Å². The van der Waals surface area contributed by atoms with E-state index in [4.69, 9.17) is 0 Å². The van der Waals surface area contributed by atoms with Crippen molar-refractivity contribution in [2.45, 2.75) is 50.1 Å². The molecule has 2 aliphatic rings. The van der Waals surface area contributed by atoms with E-state index in [0.717, 1.165) is 12.8 Å². The smallest absolute Gasteiger partial charge is 0.150 e. The highest BCUT2D eigenvalue weighted by molar-refractivity contribution is 7.91. The highest BCUT2D eigenvalue weighted by atomic mass is 32.2. The molecule has 0 spiro atoms. The van der Waals surface area contributed by atoms with Gasteiger partial charge in [-0.3, -0.25) is 0 Å². The SMILES string of the molecule is O=S1(=O)CCC(NC2(CO)CCCC2)CC1. The molecule has 0 amide bonds. The van der Waals surface area contributed by atoms with Gasteiger partial charge in [0.1, 0.15) is 9.84 Å². The van der Waals surface area contributed by atoms with E-state index in [1.807, 2.05) is 0 Å². The molecule has 0 aromatic carbocycles. The van der Waals surface area contributed by atoms with Gasteiger partial charge >= 0.3 is 0 Å². The molecule has 5 heteroatoms. The Bertz CT molecular complexity index is 319. The van der Waals surface area contributed by atoms with Crippen LogP contribution in [0.4, 0.5) is 0 Å². The van der Waals surface area contributed by atoms with Gasteiger partial charge in [-0.2, -0.15) is 0 Å². The molecule has 0 radical (unpaired) electrons. The fourth-order valence-electron chi connectivity index (χ4n) is 2.87. The molecule has 0 bridgehead atoms. The summed E-state index contributed by atoms with van der Waals surface area (Å²) in [6, 6.07) is 0.272. The predicted molar refractivity (Wildman–Crippen MR) is 63.1 cm³/mol. The quantitative estimate of drug-likeness (QED) is 0.760. The molecular formula is C11H21NO3S. The van der Waals surface area contributed by atoms with Gasteiger partial charge in [-0.25, -0.2) is 8.42 Å². The zero-order valence-corrected chi connectivity index (χ0v) is 10.4. The molecule has 16 heavy (non-hydrogen) atoms. The lowest BCUT2D eigenvalue weighted by Crippen LogP contribution is -2.53. The highest BCUT2D eigenvalue weighted by Gasteiger charge is 2.36. The molecular weight excluding hydrogens is 226 g/mol. The van der Waals surface area contributed by atoms with Crippen molar-refractivity contribution in [1.82, 2.24) is 5.32 Å². The van der Waals surface area contributed by atoms with Crippen LogP contribution >= 0.6 is 0 Å². The van der Waals surface area contributed by atoms with Crippen molar-refractivity contribution >= 4 is 9.84 Å². The Morgan fingerprint density at radius 1 is 1.19 bits per heavy atom. The van der Waals surface area contributed by atoms with Gasteiger partial charge < -0.3 is 10.4 Å². The lowest BCUT2D eigenvalue weighted by Gasteiger charge is -2.35. The molecule has 0 aromatic heterocycles. The Labute approximate surface area is 97.3 Å². The van der Waals surface area contributed by atoms with Crippen LogP contribution in [-0.2, 0) is 9.84 Å². The summed E-state index contributed by atoms with van der Waals surface area (Å²) < 4.78 is 22.6. The fourth-order valence-corrected chi connectivity index (χ4v) is 4.36. The number of nitrogens with one attached hydrogen (secondary N) is 1. The molecule has 1 aliphatic carbocycles. The van der Waals surface area contributed by atoms with Crippen LogP contribution in [0, 0.1) is 0 Å². The van der Waals surface area contributed by atoms with Gasteiger partial charge in [0.15, 0.2) is 0 Å². The Kier molecular flexibility index (Phi) is 3.56. The summed E-state index contributed by atoms with van der Waals surface area (Å²) in [5.41, 5.74) is -0.119.